The van der Waals surface area contributed by atoms with Crippen molar-refractivity contribution < 1.29 is 18.1 Å². The lowest BCUT2D eigenvalue weighted by molar-refractivity contribution is -0.127. The van der Waals surface area contributed by atoms with Crippen molar-refractivity contribution in [2.75, 3.05) is 0 Å². The van der Waals surface area contributed by atoms with Gasteiger partial charge in [0.2, 0.25) is 0 Å². The molecule has 0 aromatic rings. The predicted octanol–water partition coefficient (Wildman–Crippen LogP) is 36.9. The van der Waals surface area contributed by atoms with E-state index in [9.17, 15) is 0 Å². The predicted molar refractivity (Wildman–Crippen MR) is 458 cm³/mol. The van der Waals surface area contributed by atoms with E-state index in [1.54, 1.807) is 0 Å². The zero-order chi connectivity index (χ0) is 74.0. The number of hydrogen-bond donors (Lipinski definition) is 0. The highest BCUT2D eigenvalue weighted by Crippen LogP contribution is 2.66. The van der Waals surface area contributed by atoms with Crippen molar-refractivity contribution in [2.24, 2.45) is 17.8 Å². The molecule has 0 aromatic carbocycles. The van der Waals surface area contributed by atoms with Gasteiger partial charge in [0, 0.05) is 0 Å². The Hall–Kier alpha value is 0.110. The Bertz CT molecular complexity index is 1390. The summed E-state index contributed by atoms with van der Waals surface area (Å²) in [5, 5.41) is 0. The zero-order valence-electron chi connectivity index (χ0n) is 72.5. The summed E-state index contributed by atoms with van der Waals surface area (Å²) in [6.45, 7) is 28.7. The molecule has 101 heavy (non-hydrogen) atoms. The van der Waals surface area contributed by atoms with E-state index in [2.05, 4.69) is 83.1 Å². The van der Waals surface area contributed by atoms with Crippen LogP contribution >= 0.6 is 7.82 Å². The lowest BCUT2D eigenvalue weighted by atomic mass is 9.75. The van der Waals surface area contributed by atoms with Gasteiger partial charge in [-0.05, 0) is 75.5 Å². The smallest absolute Gasteiger partial charge is 0.280 e. The van der Waals surface area contributed by atoms with Crippen molar-refractivity contribution in [3.8, 4) is 0 Å². The van der Waals surface area contributed by atoms with Crippen LogP contribution in [-0.4, -0.2) is 16.8 Å². The molecule has 0 saturated heterocycles. The zero-order valence-corrected chi connectivity index (χ0v) is 73.4. The normalized spacial score (nSPS) is 14.0. The van der Waals surface area contributed by atoms with Crippen LogP contribution in [0, 0.1) is 17.8 Å². The second-order valence-electron chi connectivity index (χ2n) is 34.2. The van der Waals surface area contributed by atoms with Crippen molar-refractivity contribution >= 4 is 7.82 Å². The van der Waals surface area contributed by atoms with Gasteiger partial charge in [-0.15, -0.1) is 0 Å². The first kappa shape index (κ1) is 101. The van der Waals surface area contributed by atoms with E-state index in [0.717, 1.165) is 116 Å². The molecule has 0 aromatic heterocycles. The third-order valence-electron chi connectivity index (χ3n) is 25.0. The Labute approximate surface area is 640 Å². The summed E-state index contributed by atoms with van der Waals surface area (Å²) in [7, 11) is -4.36. The van der Waals surface area contributed by atoms with Gasteiger partial charge in [0.05, 0.1) is 16.8 Å². The van der Waals surface area contributed by atoms with Crippen LogP contribution in [0.25, 0.3) is 0 Å². The molecule has 0 rings (SSSR count). The molecule has 3 unspecified atom stereocenters. The fraction of sp³-hybridized carbons (Fsp3) is 1.00. The maximum absolute atomic E-state index is 18.8. The first-order valence-corrected chi connectivity index (χ1v) is 49.7. The van der Waals surface area contributed by atoms with Crippen molar-refractivity contribution in [3.63, 3.8) is 0 Å². The van der Waals surface area contributed by atoms with Gasteiger partial charge in [0.15, 0.2) is 0 Å². The largest absolute Gasteiger partial charge is 0.476 e. The Kier molecular flexibility index (Phi) is 75.6. The van der Waals surface area contributed by atoms with E-state index in [4.69, 9.17) is 13.6 Å². The van der Waals surface area contributed by atoms with Gasteiger partial charge in [-0.1, -0.05) is 526 Å². The van der Waals surface area contributed by atoms with Gasteiger partial charge in [-0.3, -0.25) is 13.6 Å². The second-order valence-corrected chi connectivity index (χ2v) is 35.7. The number of phosphoric ester groups is 1. The topological polar surface area (TPSA) is 44.8 Å². The van der Waals surface area contributed by atoms with Crippen molar-refractivity contribution in [1.82, 2.24) is 0 Å². The number of phosphoric acid groups is 1. The molecule has 0 aliphatic heterocycles. The minimum absolute atomic E-state index is 0.306. The molecule has 4 nitrogen and oxygen atoms in total. The molecule has 608 valence electrons. The van der Waals surface area contributed by atoms with E-state index < -0.39 is 24.6 Å². The molecule has 3 atom stereocenters. The lowest BCUT2D eigenvalue weighted by Gasteiger charge is -2.50. The molecule has 0 aliphatic carbocycles. The first-order chi connectivity index (χ1) is 49.5. The van der Waals surface area contributed by atoms with Crippen LogP contribution < -0.4 is 0 Å². The Morgan fingerprint density at radius 3 is 0.416 bits per heavy atom. The summed E-state index contributed by atoms with van der Waals surface area (Å²) < 4.78 is 44.4. The van der Waals surface area contributed by atoms with E-state index in [0.29, 0.717) is 17.8 Å². The maximum atomic E-state index is 18.8. The second kappa shape index (κ2) is 75.5. The van der Waals surface area contributed by atoms with Crippen LogP contribution in [0.2, 0.25) is 0 Å². The molecule has 0 heterocycles. The van der Waals surface area contributed by atoms with Crippen LogP contribution in [0.15, 0.2) is 0 Å². The average Bonchev–Trinajstić information content (AvgIpc) is 0.758. The highest BCUT2D eigenvalue weighted by Gasteiger charge is 2.55. The average molecular weight is 1440 g/mol. The quantitative estimate of drug-likeness (QED) is 0.0450. The monoisotopic (exact) mass is 1440 g/mol. The van der Waals surface area contributed by atoms with Gasteiger partial charge in [0.25, 0.3) is 0 Å². The van der Waals surface area contributed by atoms with Gasteiger partial charge < -0.3 is 0 Å². The number of hydrogen-bond acceptors (Lipinski definition) is 4. The molecule has 0 N–H and O–H groups in total. The van der Waals surface area contributed by atoms with Crippen molar-refractivity contribution in [1.29, 1.82) is 0 Å². The Morgan fingerprint density at radius 2 is 0.297 bits per heavy atom. The molecule has 0 radical (unpaired) electrons. The lowest BCUT2D eigenvalue weighted by Crippen LogP contribution is -2.47. The van der Waals surface area contributed by atoms with Gasteiger partial charge in [0.1, 0.15) is 0 Å². The summed E-state index contributed by atoms with van der Waals surface area (Å²) in [5.74, 6) is 0.919. The maximum Gasteiger partial charge on any atom is 0.476 e. The highest BCUT2D eigenvalue weighted by atomic mass is 31.2. The van der Waals surface area contributed by atoms with E-state index in [1.165, 1.54) is 385 Å². The van der Waals surface area contributed by atoms with E-state index in [1.807, 2.05) is 0 Å². The molecule has 0 fully saturated rings. The van der Waals surface area contributed by atoms with Crippen molar-refractivity contribution in [2.45, 2.75) is 601 Å². The molecule has 0 saturated carbocycles. The van der Waals surface area contributed by atoms with Gasteiger partial charge in [-0.25, -0.2) is 4.57 Å². The molecular formula is C96H195O4P. The van der Waals surface area contributed by atoms with Crippen LogP contribution in [0.5, 0.6) is 0 Å². The molecule has 0 amide bonds. The SMILES string of the molecule is CCCCCCCCCCCCC(CCCCCCCCCCCC)(OP(=O)(OC(CCCCCCCCCCCC)(CCCCCCCCCCCC)C(CC)CCCC)OC(CCCCCCCCCCCC)(CCCCCCCCCCCC)C(CC)CCCC)C(CC)CCCC. The number of rotatable bonds is 87. The van der Waals surface area contributed by atoms with Gasteiger partial charge in [-0.2, -0.15) is 0 Å². The molecule has 5 heteroatoms. The highest BCUT2D eigenvalue weighted by molar-refractivity contribution is 7.48. The van der Waals surface area contributed by atoms with Crippen molar-refractivity contribution in [3.05, 3.63) is 0 Å². The minimum Gasteiger partial charge on any atom is -0.280 e. The number of unbranched alkanes of at least 4 members (excludes halogenated alkanes) is 57. The van der Waals surface area contributed by atoms with Crippen LogP contribution in [-0.2, 0) is 18.1 Å². The summed E-state index contributed by atoms with van der Waals surface area (Å²) >= 11 is 0. The third kappa shape index (κ3) is 55.2. The van der Waals surface area contributed by atoms with E-state index >= 15 is 4.57 Å². The summed E-state index contributed by atoms with van der Waals surface area (Å²) in [6.07, 6.45) is 99.0. The standard InChI is InChI=1S/C96H195O4P/c1-13-25-34-40-46-52-58-64-70-76-85-94(91(22-10)82-31-19-7,86-77-71-65-59-53-47-41-35-26-14-2)98-101(97,99-95(92(23-11)83-32-20-8,87-78-72-66-60-54-48-42-36-27-15-3)88-79-73-67-61-55-49-43-37-28-16-4)100-96(93(24-12)84-33-21-9,89-80-74-68-62-56-50-44-38-29-17-5)90-81-75-69-63-57-51-45-39-30-18-6/h91-93H,13-90H2,1-12H3. The summed E-state index contributed by atoms with van der Waals surface area (Å²) in [4.78, 5) is 0. The Morgan fingerprint density at radius 1 is 0.178 bits per heavy atom. The summed E-state index contributed by atoms with van der Waals surface area (Å²) in [5.41, 5.74) is -1.72. The molecular weight excluding hydrogens is 1250 g/mol. The molecule has 0 aliphatic rings. The first-order valence-electron chi connectivity index (χ1n) is 48.3. The summed E-state index contributed by atoms with van der Waals surface area (Å²) in [6, 6.07) is 0. The van der Waals surface area contributed by atoms with Crippen LogP contribution in [0.1, 0.15) is 584 Å². The Balaban J connectivity index is 8.90. The van der Waals surface area contributed by atoms with Crippen LogP contribution in [0.3, 0.4) is 0 Å². The van der Waals surface area contributed by atoms with E-state index in [-0.39, 0.29) is 0 Å². The van der Waals surface area contributed by atoms with Gasteiger partial charge >= 0.3 is 7.82 Å². The minimum atomic E-state index is -4.36. The van der Waals surface area contributed by atoms with Crippen LogP contribution in [0.4, 0.5) is 0 Å². The third-order valence-corrected chi connectivity index (χ3v) is 26.8. The fourth-order valence-electron chi connectivity index (χ4n) is 18.2. The fourth-order valence-corrected chi connectivity index (χ4v) is 20.6. The molecule has 0 bridgehead atoms. The molecule has 0 spiro atoms.